The third-order valence-electron chi connectivity index (χ3n) is 4.20. The van der Waals surface area contributed by atoms with E-state index in [0.29, 0.717) is 24.5 Å². The third-order valence-corrected chi connectivity index (χ3v) is 4.20. The van der Waals surface area contributed by atoms with Crippen molar-refractivity contribution in [2.75, 3.05) is 6.61 Å². The van der Waals surface area contributed by atoms with E-state index in [4.69, 9.17) is 9.15 Å². The van der Waals surface area contributed by atoms with Gasteiger partial charge in [0.05, 0.1) is 24.6 Å². The van der Waals surface area contributed by atoms with Gasteiger partial charge < -0.3 is 19.5 Å². The Morgan fingerprint density at radius 3 is 2.80 bits per heavy atom. The fourth-order valence-electron chi connectivity index (χ4n) is 2.96. The molecule has 0 unspecified atom stereocenters. The maximum Gasteiger partial charge on any atom is 0.261 e. The standard InChI is InChI=1S/C19H16N2O4/c22-18(20-14-9-11-25-16-5-2-1-4-12(14)16)13-7-8-15(21-19(13)23)17-6-3-10-24-17/h1-8,10,14H,9,11H2,(H,20,22)(H,21,23)/t14-/m0/s1. The van der Waals surface area contributed by atoms with Crippen LogP contribution in [0.15, 0.2) is 64.0 Å². The molecule has 0 bridgehead atoms. The molecule has 1 aliphatic rings. The highest BCUT2D eigenvalue weighted by Gasteiger charge is 2.24. The Balaban J connectivity index is 1.57. The smallest absolute Gasteiger partial charge is 0.261 e. The van der Waals surface area contributed by atoms with E-state index >= 15 is 0 Å². The number of carbonyl (C=O) groups is 1. The van der Waals surface area contributed by atoms with Gasteiger partial charge in [0, 0.05) is 12.0 Å². The molecule has 3 heterocycles. The Morgan fingerprint density at radius 1 is 1.12 bits per heavy atom. The Kier molecular flexibility index (Phi) is 3.85. The largest absolute Gasteiger partial charge is 0.493 e. The molecular weight excluding hydrogens is 320 g/mol. The first-order valence-corrected chi connectivity index (χ1v) is 8.02. The fourth-order valence-corrected chi connectivity index (χ4v) is 2.96. The van der Waals surface area contributed by atoms with E-state index in [1.165, 1.54) is 12.3 Å². The number of para-hydroxylation sites is 1. The molecule has 2 N–H and O–H groups in total. The summed E-state index contributed by atoms with van der Waals surface area (Å²) in [5, 5.41) is 2.92. The maximum absolute atomic E-state index is 12.5. The summed E-state index contributed by atoms with van der Waals surface area (Å²) in [4.78, 5) is 27.5. The highest BCUT2D eigenvalue weighted by atomic mass is 16.5. The summed E-state index contributed by atoms with van der Waals surface area (Å²) in [6.45, 7) is 0.524. The van der Waals surface area contributed by atoms with Crippen LogP contribution < -0.4 is 15.6 Å². The Labute approximate surface area is 143 Å². The van der Waals surface area contributed by atoms with Crippen LogP contribution in [0, 0.1) is 0 Å². The summed E-state index contributed by atoms with van der Waals surface area (Å²) in [6, 6.07) is 14.0. The quantitative estimate of drug-likeness (QED) is 0.770. The van der Waals surface area contributed by atoms with Gasteiger partial charge in [0.1, 0.15) is 17.1 Å². The summed E-state index contributed by atoms with van der Waals surface area (Å²) in [7, 11) is 0. The number of fused-ring (bicyclic) bond motifs is 1. The number of H-pyrrole nitrogens is 1. The number of hydrogen-bond donors (Lipinski definition) is 2. The summed E-state index contributed by atoms with van der Waals surface area (Å²) >= 11 is 0. The van der Waals surface area contributed by atoms with Crippen LogP contribution in [-0.2, 0) is 0 Å². The Hall–Kier alpha value is -3.28. The van der Waals surface area contributed by atoms with Crippen LogP contribution in [0.1, 0.15) is 28.4 Å². The van der Waals surface area contributed by atoms with Crippen LogP contribution in [0.5, 0.6) is 5.75 Å². The molecule has 0 radical (unpaired) electrons. The summed E-state index contributed by atoms with van der Waals surface area (Å²) in [5.41, 5.74) is 1.07. The minimum absolute atomic E-state index is 0.0688. The van der Waals surface area contributed by atoms with Crippen molar-refractivity contribution >= 4 is 5.91 Å². The van der Waals surface area contributed by atoms with E-state index in [1.54, 1.807) is 18.2 Å². The minimum Gasteiger partial charge on any atom is -0.493 e. The molecule has 2 aromatic heterocycles. The summed E-state index contributed by atoms with van der Waals surface area (Å²) in [5.74, 6) is 0.900. The number of benzene rings is 1. The van der Waals surface area contributed by atoms with Crippen LogP contribution in [0.3, 0.4) is 0 Å². The first-order valence-electron chi connectivity index (χ1n) is 8.02. The van der Waals surface area contributed by atoms with Crippen LogP contribution >= 0.6 is 0 Å². The predicted octanol–water partition coefficient (Wildman–Crippen LogP) is 2.89. The molecule has 0 fully saturated rings. The second-order valence-corrected chi connectivity index (χ2v) is 5.79. The van der Waals surface area contributed by atoms with Crippen molar-refractivity contribution < 1.29 is 13.9 Å². The number of pyridine rings is 1. The molecule has 6 nitrogen and oxygen atoms in total. The second kappa shape index (κ2) is 6.32. The van der Waals surface area contributed by atoms with Crippen molar-refractivity contribution in [3.8, 4) is 17.2 Å². The number of furan rings is 1. The first kappa shape index (κ1) is 15.3. The topological polar surface area (TPSA) is 84.3 Å². The van der Waals surface area contributed by atoms with Gasteiger partial charge in [0.15, 0.2) is 0 Å². The van der Waals surface area contributed by atoms with Gasteiger partial charge in [-0.05, 0) is 30.3 Å². The fraction of sp³-hybridized carbons (Fsp3) is 0.158. The highest BCUT2D eigenvalue weighted by Crippen LogP contribution is 2.31. The van der Waals surface area contributed by atoms with Gasteiger partial charge in [0.25, 0.3) is 11.5 Å². The number of ether oxygens (including phenoxy) is 1. The molecule has 1 aromatic carbocycles. The first-order chi connectivity index (χ1) is 12.2. The van der Waals surface area contributed by atoms with Crippen LogP contribution in [0.25, 0.3) is 11.5 Å². The van der Waals surface area contributed by atoms with Crippen molar-refractivity contribution in [2.45, 2.75) is 12.5 Å². The van der Waals surface area contributed by atoms with E-state index in [1.807, 2.05) is 24.3 Å². The number of aromatic nitrogens is 1. The number of nitrogens with one attached hydrogen (secondary N) is 2. The van der Waals surface area contributed by atoms with E-state index in [2.05, 4.69) is 10.3 Å². The molecule has 126 valence electrons. The Bertz CT molecular complexity index is 960. The van der Waals surface area contributed by atoms with Gasteiger partial charge in [-0.3, -0.25) is 9.59 Å². The molecule has 4 rings (SSSR count). The van der Waals surface area contributed by atoms with Crippen LogP contribution in [-0.4, -0.2) is 17.5 Å². The van der Waals surface area contributed by atoms with Crippen molar-refractivity contribution in [3.05, 3.63) is 76.3 Å². The zero-order chi connectivity index (χ0) is 17.2. The molecular formula is C19H16N2O4. The van der Waals surface area contributed by atoms with Crippen molar-refractivity contribution in [1.29, 1.82) is 0 Å². The van der Waals surface area contributed by atoms with Gasteiger partial charge >= 0.3 is 0 Å². The minimum atomic E-state index is -0.452. The number of carbonyl (C=O) groups excluding carboxylic acids is 1. The highest BCUT2D eigenvalue weighted by molar-refractivity contribution is 5.94. The molecule has 1 amide bonds. The SMILES string of the molecule is O=C(N[C@H]1CCOc2ccccc21)c1ccc(-c2ccco2)[nH]c1=O. The second-order valence-electron chi connectivity index (χ2n) is 5.79. The lowest BCUT2D eigenvalue weighted by Crippen LogP contribution is -2.35. The van der Waals surface area contributed by atoms with Crippen LogP contribution in [0.4, 0.5) is 0 Å². The Morgan fingerprint density at radius 2 is 2.00 bits per heavy atom. The van der Waals surface area contributed by atoms with Gasteiger partial charge in [-0.25, -0.2) is 0 Å². The zero-order valence-corrected chi connectivity index (χ0v) is 13.3. The molecule has 6 heteroatoms. The summed E-state index contributed by atoms with van der Waals surface area (Å²) < 4.78 is 10.8. The summed E-state index contributed by atoms with van der Waals surface area (Å²) in [6.07, 6.45) is 2.18. The molecule has 0 spiro atoms. The number of hydrogen-bond acceptors (Lipinski definition) is 4. The monoisotopic (exact) mass is 336 g/mol. The van der Waals surface area contributed by atoms with Crippen molar-refractivity contribution in [1.82, 2.24) is 10.3 Å². The lowest BCUT2D eigenvalue weighted by molar-refractivity contribution is 0.0923. The van der Waals surface area contributed by atoms with E-state index in [9.17, 15) is 9.59 Å². The molecule has 3 aromatic rings. The normalized spacial score (nSPS) is 15.9. The van der Waals surface area contributed by atoms with Crippen molar-refractivity contribution in [3.63, 3.8) is 0 Å². The number of rotatable bonds is 3. The lowest BCUT2D eigenvalue weighted by Gasteiger charge is -2.26. The van der Waals surface area contributed by atoms with Gasteiger partial charge in [0.2, 0.25) is 0 Å². The van der Waals surface area contributed by atoms with E-state index in [-0.39, 0.29) is 11.6 Å². The molecule has 0 aliphatic carbocycles. The zero-order valence-electron chi connectivity index (χ0n) is 13.3. The number of amides is 1. The van der Waals surface area contributed by atoms with Crippen LogP contribution in [0.2, 0.25) is 0 Å². The molecule has 1 atom stereocenters. The molecule has 1 aliphatic heterocycles. The predicted molar refractivity (Wildman–Crippen MR) is 91.5 cm³/mol. The van der Waals surface area contributed by atoms with Gasteiger partial charge in [-0.1, -0.05) is 18.2 Å². The van der Waals surface area contributed by atoms with Crippen molar-refractivity contribution in [2.24, 2.45) is 0 Å². The molecule has 0 saturated carbocycles. The van der Waals surface area contributed by atoms with E-state index < -0.39 is 11.5 Å². The van der Waals surface area contributed by atoms with E-state index in [0.717, 1.165) is 11.3 Å². The average Bonchev–Trinajstić information content (AvgIpc) is 3.16. The van der Waals surface area contributed by atoms with Gasteiger partial charge in [-0.2, -0.15) is 0 Å². The number of aromatic amines is 1. The molecule has 25 heavy (non-hydrogen) atoms. The molecule has 0 saturated heterocycles. The maximum atomic E-state index is 12.5. The average molecular weight is 336 g/mol. The lowest BCUT2D eigenvalue weighted by atomic mass is 10.0. The van der Waals surface area contributed by atoms with Gasteiger partial charge in [-0.15, -0.1) is 0 Å². The third kappa shape index (κ3) is 2.94.